The molecule has 1 saturated heterocycles. The average Bonchev–Trinajstić information content (AvgIpc) is 3.16. The minimum absolute atomic E-state index is 0.263. The number of aliphatic hydroxyl groups is 1. The fraction of sp³-hybridized carbons (Fsp3) is 0.667. The molecule has 0 unspecified atom stereocenters. The monoisotopic (exact) mass is 361 g/mol. The Morgan fingerprint density at radius 2 is 1.85 bits per heavy atom. The molecule has 1 aromatic rings. The highest BCUT2D eigenvalue weighted by Crippen LogP contribution is 2.34. The SMILES string of the molecule is CCCCOC(=O)N1CCC(O)(c2ccc(OC3CCCC3)cc2)CC1. The number of hydrogen-bond donors (Lipinski definition) is 1. The van der Waals surface area contributed by atoms with Gasteiger partial charge in [0.1, 0.15) is 5.75 Å². The molecule has 1 amide bonds. The summed E-state index contributed by atoms with van der Waals surface area (Å²) in [6, 6.07) is 7.83. The van der Waals surface area contributed by atoms with E-state index in [-0.39, 0.29) is 6.09 Å². The van der Waals surface area contributed by atoms with Crippen LogP contribution in [0.4, 0.5) is 4.79 Å². The van der Waals surface area contributed by atoms with Crippen LogP contribution in [0, 0.1) is 0 Å². The number of nitrogens with zero attached hydrogens (tertiary/aromatic N) is 1. The molecule has 3 rings (SSSR count). The molecule has 26 heavy (non-hydrogen) atoms. The number of carbonyl (C=O) groups is 1. The van der Waals surface area contributed by atoms with E-state index in [0.717, 1.165) is 37.0 Å². The van der Waals surface area contributed by atoms with Gasteiger partial charge in [0.05, 0.1) is 18.3 Å². The van der Waals surface area contributed by atoms with Crippen molar-refractivity contribution in [3.8, 4) is 5.75 Å². The quantitative estimate of drug-likeness (QED) is 0.771. The smallest absolute Gasteiger partial charge is 0.409 e. The van der Waals surface area contributed by atoms with Crippen molar-refractivity contribution in [2.24, 2.45) is 0 Å². The van der Waals surface area contributed by atoms with Gasteiger partial charge in [-0.05, 0) is 62.6 Å². The van der Waals surface area contributed by atoms with Crippen molar-refractivity contribution in [1.82, 2.24) is 4.90 Å². The Morgan fingerprint density at radius 1 is 1.19 bits per heavy atom. The second-order valence-electron chi connectivity index (χ2n) is 7.54. The van der Waals surface area contributed by atoms with Crippen LogP contribution in [-0.2, 0) is 10.3 Å². The van der Waals surface area contributed by atoms with Gasteiger partial charge in [-0.3, -0.25) is 0 Å². The Bertz CT molecular complexity index is 572. The van der Waals surface area contributed by atoms with E-state index in [9.17, 15) is 9.90 Å². The Hall–Kier alpha value is -1.75. The minimum Gasteiger partial charge on any atom is -0.490 e. The zero-order valence-corrected chi connectivity index (χ0v) is 15.8. The molecule has 1 aliphatic carbocycles. The zero-order valence-electron chi connectivity index (χ0n) is 15.8. The van der Waals surface area contributed by atoms with Gasteiger partial charge in [-0.25, -0.2) is 4.79 Å². The summed E-state index contributed by atoms with van der Waals surface area (Å²) in [6.07, 6.45) is 7.79. The Morgan fingerprint density at radius 3 is 2.46 bits per heavy atom. The molecule has 2 fully saturated rings. The number of rotatable bonds is 6. The van der Waals surface area contributed by atoms with Crippen LogP contribution in [0.25, 0.3) is 0 Å². The second kappa shape index (κ2) is 8.76. The minimum atomic E-state index is -0.883. The molecule has 1 N–H and O–H groups in total. The van der Waals surface area contributed by atoms with Gasteiger partial charge in [-0.1, -0.05) is 25.5 Å². The highest BCUT2D eigenvalue weighted by atomic mass is 16.6. The first-order valence-corrected chi connectivity index (χ1v) is 10.0. The number of likely N-dealkylation sites (tertiary alicyclic amines) is 1. The van der Waals surface area contributed by atoms with Crippen molar-refractivity contribution in [1.29, 1.82) is 0 Å². The lowest BCUT2D eigenvalue weighted by Gasteiger charge is -2.38. The van der Waals surface area contributed by atoms with Gasteiger partial charge in [0, 0.05) is 13.1 Å². The van der Waals surface area contributed by atoms with Crippen LogP contribution >= 0.6 is 0 Å². The van der Waals surface area contributed by atoms with Crippen LogP contribution in [-0.4, -0.2) is 41.9 Å². The molecule has 1 aliphatic heterocycles. The van der Waals surface area contributed by atoms with Crippen LogP contribution < -0.4 is 4.74 Å². The molecule has 5 nitrogen and oxygen atoms in total. The first-order chi connectivity index (χ1) is 12.6. The summed E-state index contributed by atoms with van der Waals surface area (Å²) in [7, 11) is 0. The third kappa shape index (κ3) is 4.70. The zero-order chi connectivity index (χ0) is 18.4. The Kier molecular flexibility index (Phi) is 6.41. The average molecular weight is 361 g/mol. The van der Waals surface area contributed by atoms with Crippen LogP contribution in [0.2, 0.25) is 0 Å². The third-order valence-corrected chi connectivity index (χ3v) is 5.57. The lowest BCUT2D eigenvalue weighted by Crippen LogP contribution is -2.45. The van der Waals surface area contributed by atoms with E-state index in [2.05, 4.69) is 6.92 Å². The molecule has 0 atom stereocenters. The fourth-order valence-corrected chi connectivity index (χ4v) is 3.79. The van der Waals surface area contributed by atoms with Gasteiger partial charge in [-0.2, -0.15) is 0 Å². The lowest BCUT2D eigenvalue weighted by molar-refractivity contribution is -0.0249. The van der Waals surface area contributed by atoms with E-state index >= 15 is 0 Å². The first-order valence-electron chi connectivity index (χ1n) is 10.0. The highest BCUT2D eigenvalue weighted by molar-refractivity contribution is 5.67. The van der Waals surface area contributed by atoms with E-state index in [1.165, 1.54) is 12.8 Å². The normalized spacial score (nSPS) is 20.2. The van der Waals surface area contributed by atoms with Gasteiger partial charge in [0.2, 0.25) is 0 Å². The molecule has 144 valence electrons. The number of carbonyl (C=O) groups excluding carboxylic acids is 1. The standard InChI is InChI=1S/C21H31NO4/c1-2-3-16-25-20(23)22-14-12-21(24,13-15-22)17-8-10-19(11-9-17)26-18-6-4-5-7-18/h8-11,18,24H,2-7,12-16H2,1H3. The first kappa shape index (κ1) is 19.0. The number of benzene rings is 1. The maximum Gasteiger partial charge on any atom is 0.409 e. The number of piperidine rings is 1. The number of amides is 1. The molecule has 0 spiro atoms. The van der Waals surface area contributed by atoms with E-state index in [0.29, 0.717) is 38.6 Å². The van der Waals surface area contributed by atoms with Crippen molar-refractivity contribution in [3.63, 3.8) is 0 Å². The van der Waals surface area contributed by atoms with Crippen molar-refractivity contribution in [2.45, 2.75) is 70.0 Å². The van der Waals surface area contributed by atoms with Gasteiger partial charge >= 0.3 is 6.09 Å². The molecule has 2 aliphatic rings. The van der Waals surface area contributed by atoms with E-state index in [4.69, 9.17) is 9.47 Å². The van der Waals surface area contributed by atoms with E-state index in [1.807, 2.05) is 24.3 Å². The molecular weight excluding hydrogens is 330 g/mol. The molecule has 1 heterocycles. The van der Waals surface area contributed by atoms with Gasteiger partial charge in [0.15, 0.2) is 0 Å². The van der Waals surface area contributed by atoms with Gasteiger partial charge in [-0.15, -0.1) is 0 Å². The van der Waals surface area contributed by atoms with Crippen LogP contribution in [0.5, 0.6) is 5.75 Å². The lowest BCUT2D eigenvalue weighted by atomic mass is 9.84. The van der Waals surface area contributed by atoms with E-state index in [1.54, 1.807) is 4.90 Å². The topological polar surface area (TPSA) is 59.0 Å². The summed E-state index contributed by atoms with van der Waals surface area (Å²) < 4.78 is 11.3. The van der Waals surface area contributed by atoms with Crippen molar-refractivity contribution < 1.29 is 19.4 Å². The van der Waals surface area contributed by atoms with Gasteiger partial charge < -0.3 is 19.5 Å². The largest absolute Gasteiger partial charge is 0.490 e. The predicted molar refractivity (Wildman–Crippen MR) is 100 cm³/mol. The highest BCUT2D eigenvalue weighted by Gasteiger charge is 2.36. The molecule has 5 heteroatoms. The maximum absolute atomic E-state index is 12.0. The van der Waals surface area contributed by atoms with Crippen LogP contribution in [0.15, 0.2) is 24.3 Å². The van der Waals surface area contributed by atoms with Crippen molar-refractivity contribution >= 4 is 6.09 Å². The molecule has 0 radical (unpaired) electrons. The predicted octanol–water partition coefficient (Wildman–Crippen LogP) is 4.23. The molecular formula is C21H31NO4. The molecule has 0 aromatic heterocycles. The number of unbranched alkanes of at least 4 members (excludes halogenated alkanes) is 1. The summed E-state index contributed by atoms with van der Waals surface area (Å²) in [5, 5.41) is 11.0. The summed E-state index contributed by atoms with van der Waals surface area (Å²) in [5.74, 6) is 0.876. The van der Waals surface area contributed by atoms with Crippen molar-refractivity contribution in [3.05, 3.63) is 29.8 Å². The number of ether oxygens (including phenoxy) is 2. The van der Waals surface area contributed by atoms with Crippen LogP contribution in [0.3, 0.4) is 0 Å². The molecule has 0 bridgehead atoms. The Balaban J connectivity index is 1.52. The third-order valence-electron chi connectivity index (χ3n) is 5.57. The van der Waals surface area contributed by atoms with E-state index < -0.39 is 5.60 Å². The van der Waals surface area contributed by atoms with Crippen molar-refractivity contribution in [2.75, 3.05) is 19.7 Å². The molecule has 1 aromatic carbocycles. The maximum atomic E-state index is 12.0. The Labute approximate surface area is 156 Å². The summed E-state index contributed by atoms with van der Waals surface area (Å²) in [5.41, 5.74) is 0.0156. The summed E-state index contributed by atoms with van der Waals surface area (Å²) >= 11 is 0. The van der Waals surface area contributed by atoms with Gasteiger partial charge in [0.25, 0.3) is 0 Å². The second-order valence-corrected chi connectivity index (χ2v) is 7.54. The number of hydrogen-bond acceptors (Lipinski definition) is 4. The summed E-state index contributed by atoms with van der Waals surface area (Å²) in [6.45, 7) is 3.57. The van der Waals surface area contributed by atoms with Crippen LogP contribution in [0.1, 0.15) is 63.9 Å². The summed E-state index contributed by atoms with van der Waals surface area (Å²) in [4.78, 5) is 13.7. The fourth-order valence-electron chi connectivity index (χ4n) is 3.79. The molecule has 1 saturated carbocycles.